The molecule has 0 unspecified atom stereocenters. The van der Waals surface area contributed by atoms with E-state index in [-0.39, 0.29) is 11.5 Å². The Morgan fingerprint density at radius 2 is 1.83 bits per heavy atom. The van der Waals surface area contributed by atoms with Gasteiger partial charge in [-0.25, -0.2) is 4.79 Å². The fraction of sp³-hybridized carbons (Fsp3) is 0.385. The number of carbonyl (C=O) groups excluding carboxylic acids is 1. The minimum absolute atomic E-state index is 0.213. The van der Waals surface area contributed by atoms with E-state index in [9.17, 15) is 9.59 Å². The molecule has 4 nitrogen and oxygen atoms in total. The zero-order valence-electron chi connectivity index (χ0n) is 10.6. The molecule has 5 heteroatoms. The summed E-state index contributed by atoms with van der Waals surface area (Å²) in [5.74, 6) is -0.954. The first kappa shape index (κ1) is 14.6. The Bertz CT molecular complexity index is 437. The van der Waals surface area contributed by atoms with Gasteiger partial charge in [-0.05, 0) is 37.8 Å². The number of carboxylic acids is 1. The molecule has 0 fully saturated rings. The van der Waals surface area contributed by atoms with E-state index >= 15 is 0 Å². The van der Waals surface area contributed by atoms with Gasteiger partial charge in [0.15, 0.2) is 0 Å². The van der Waals surface area contributed by atoms with Gasteiger partial charge in [0, 0.05) is 0 Å². The molecule has 0 aliphatic rings. The molecule has 18 heavy (non-hydrogen) atoms. The Labute approximate surface area is 110 Å². The first-order chi connectivity index (χ1) is 8.36. The summed E-state index contributed by atoms with van der Waals surface area (Å²) in [5.41, 5.74) is 0.219. The average molecular weight is 268 g/mol. The molecule has 0 saturated carbocycles. The normalized spacial score (nSPS) is 11.1. The van der Waals surface area contributed by atoms with E-state index in [4.69, 9.17) is 9.84 Å². The second kappa shape index (κ2) is 5.91. The van der Waals surface area contributed by atoms with Gasteiger partial charge in [-0.3, -0.25) is 4.79 Å². The van der Waals surface area contributed by atoms with Crippen LogP contribution in [-0.2, 0) is 15.1 Å². The molecule has 0 radical (unpaired) electrons. The minimum atomic E-state index is -0.973. The summed E-state index contributed by atoms with van der Waals surface area (Å²) >= 11 is 1.40. The van der Waals surface area contributed by atoms with Crippen LogP contribution in [0, 0.1) is 0 Å². The van der Waals surface area contributed by atoms with Crippen molar-refractivity contribution in [1.82, 2.24) is 0 Å². The molecule has 0 saturated heterocycles. The second-order valence-electron chi connectivity index (χ2n) is 4.30. The molecule has 98 valence electrons. The van der Waals surface area contributed by atoms with Gasteiger partial charge in [0.1, 0.15) is 5.60 Å². The third-order valence-corrected chi connectivity index (χ3v) is 2.98. The Kier molecular flexibility index (Phi) is 4.78. The molecule has 1 aromatic carbocycles. The van der Waals surface area contributed by atoms with Crippen LogP contribution in [0.3, 0.4) is 0 Å². The van der Waals surface area contributed by atoms with Crippen molar-refractivity contribution < 1.29 is 19.4 Å². The van der Waals surface area contributed by atoms with Crippen LogP contribution in [0.25, 0.3) is 0 Å². The van der Waals surface area contributed by atoms with Gasteiger partial charge in [-0.15, -0.1) is 0 Å². The van der Waals surface area contributed by atoms with Crippen LogP contribution in [0.2, 0.25) is 0 Å². The standard InChI is InChI=1S/C13H16O4S/c1-13(2,17-11(14)8-18-3)10-6-4-9(5-7-10)12(15)16/h4-7H,8H2,1-3H3,(H,15,16). The van der Waals surface area contributed by atoms with Crippen molar-refractivity contribution in [2.75, 3.05) is 12.0 Å². The predicted octanol–water partition coefficient (Wildman–Crippen LogP) is 2.53. The average Bonchev–Trinajstić information content (AvgIpc) is 2.28. The van der Waals surface area contributed by atoms with Gasteiger partial charge in [-0.1, -0.05) is 12.1 Å². The van der Waals surface area contributed by atoms with Gasteiger partial charge >= 0.3 is 11.9 Å². The Morgan fingerprint density at radius 3 is 2.28 bits per heavy atom. The van der Waals surface area contributed by atoms with Crippen molar-refractivity contribution >= 4 is 23.7 Å². The number of thioether (sulfide) groups is 1. The highest BCUT2D eigenvalue weighted by Gasteiger charge is 2.25. The fourth-order valence-electron chi connectivity index (χ4n) is 1.51. The number of esters is 1. The maximum Gasteiger partial charge on any atom is 0.335 e. The molecule has 0 amide bonds. The van der Waals surface area contributed by atoms with Crippen LogP contribution in [0.1, 0.15) is 29.8 Å². The van der Waals surface area contributed by atoms with Crippen molar-refractivity contribution in [1.29, 1.82) is 0 Å². The highest BCUT2D eigenvalue weighted by Crippen LogP contribution is 2.25. The van der Waals surface area contributed by atoms with Crippen LogP contribution in [0.4, 0.5) is 0 Å². The first-order valence-corrected chi connectivity index (χ1v) is 6.81. The van der Waals surface area contributed by atoms with E-state index in [0.29, 0.717) is 5.75 Å². The zero-order valence-corrected chi connectivity index (χ0v) is 11.4. The number of hydrogen-bond donors (Lipinski definition) is 1. The number of benzene rings is 1. The Balaban J connectivity index is 2.84. The summed E-state index contributed by atoms with van der Waals surface area (Å²) in [6.45, 7) is 3.56. The second-order valence-corrected chi connectivity index (χ2v) is 5.17. The molecule has 1 rings (SSSR count). The number of carboxylic acid groups (broad SMARTS) is 1. The third kappa shape index (κ3) is 3.77. The summed E-state index contributed by atoms with van der Waals surface area (Å²) < 4.78 is 5.36. The lowest BCUT2D eigenvalue weighted by Gasteiger charge is -2.25. The minimum Gasteiger partial charge on any atom is -0.478 e. The van der Waals surface area contributed by atoms with Crippen molar-refractivity contribution in [3.8, 4) is 0 Å². The molecular weight excluding hydrogens is 252 g/mol. The smallest absolute Gasteiger partial charge is 0.335 e. The molecule has 0 atom stereocenters. The van der Waals surface area contributed by atoms with Crippen LogP contribution in [-0.4, -0.2) is 29.1 Å². The lowest BCUT2D eigenvalue weighted by atomic mass is 9.97. The maximum atomic E-state index is 11.5. The quantitative estimate of drug-likeness (QED) is 0.831. The number of carbonyl (C=O) groups is 2. The number of rotatable bonds is 5. The van der Waals surface area contributed by atoms with E-state index < -0.39 is 11.6 Å². The number of ether oxygens (including phenoxy) is 1. The van der Waals surface area contributed by atoms with Gasteiger partial charge in [-0.2, -0.15) is 11.8 Å². The van der Waals surface area contributed by atoms with Crippen LogP contribution in [0.5, 0.6) is 0 Å². The van der Waals surface area contributed by atoms with Crippen molar-refractivity contribution in [2.45, 2.75) is 19.4 Å². The zero-order chi connectivity index (χ0) is 13.8. The molecule has 0 heterocycles. The van der Waals surface area contributed by atoms with Gasteiger partial charge in [0.05, 0.1) is 11.3 Å². The van der Waals surface area contributed by atoms with Crippen LogP contribution in [0.15, 0.2) is 24.3 Å². The van der Waals surface area contributed by atoms with E-state index in [1.54, 1.807) is 26.0 Å². The summed E-state index contributed by atoms with van der Waals surface area (Å²) in [6.07, 6.45) is 1.83. The van der Waals surface area contributed by atoms with Crippen LogP contribution >= 0.6 is 11.8 Å². The third-order valence-electron chi connectivity index (χ3n) is 2.46. The SMILES string of the molecule is CSCC(=O)OC(C)(C)c1ccc(C(=O)O)cc1. The van der Waals surface area contributed by atoms with Crippen molar-refractivity contribution in [2.24, 2.45) is 0 Å². The van der Waals surface area contributed by atoms with E-state index in [1.807, 2.05) is 6.26 Å². The van der Waals surface area contributed by atoms with E-state index in [1.165, 1.54) is 23.9 Å². The van der Waals surface area contributed by atoms with Crippen molar-refractivity contribution in [3.05, 3.63) is 35.4 Å². The summed E-state index contributed by atoms with van der Waals surface area (Å²) in [7, 11) is 0. The largest absolute Gasteiger partial charge is 0.478 e. The molecule has 1 aromatic rings. The molecule has 0 aromatic heterocycles. The maximum absolute atomic E-state index is 11.5. The Hall–Kier alpha value is -1.49. The molecule has 0 aliphatic heterocycles. The predicted molar refractivity (Wildman–Crippen MR) is 70.9 cm³/mol. The topological polar surface area (TPSA) is 63.6 Å². The van der Waals surface area contributed by atoms with Gasteiger partial charge in [0.2, 0.25) is 0 Å². The summed E-state index contributed by atoms with van der Waals surface area (Å²) in [5, 5.41) is 8.81. The van der Waals surface area contributed by atoms with Crippen molar-refractivity contribution in [3.63, 3.8) is 0 Å². The molecule has 0 aliphatic carbocycles. The van der Waals surface area contributed by atoms with E-state index in [0.717, 1.165) is 5.56 Å². The lowest BCUT2D eigenvalue weighted by Crippen LogP contribution is -2.26. The molecular formula is C13H16O4S. The lowest BCUT2D eigenvalue weighted by molar-refractivity contribution is -0.154. The molecule has 0 bridgehead atoms. The monoisotopic (exact) mass is 268 g/mol. The van der Waals surface area contributed by atoms with E-state index in [2.05, 4.69) is 0 Å². The highest BCUT2D eigenvalue weighted by molar-refractivity contribution is 7.99. The Morgan fingerprint density at radius 1 is 1.28 bits per heavy atom. The number of aromatic carboxylic acids is 1. The first-order valence-electron chi connectivity index (χ1n) is 5.41. The molecule has 0 spiro atoms. The summed E-state index contributed by atoms with van der Waals surface area (Å²) in [4.78, 5) is 22.2. The fourth-order valence-corrected chi connectivity index (χ4v) is 1.80. The molecule has 1 N–H and O–H groups in total. The number of hydrogen-bond acceptors (Lipinski definition) is 4. The highest BCUT2D eigenvalue weighted by atomic mass is 32.2. The van der Waals surface area contributed by atoms with Gasteiger partial charge < -0.3 is 9.84 Å². The summed E-state index contributed by atoms with van der Waals surface area (Å²) in [6, 6.07) is 6.33. The van der Waals surface area contributed by atoms with Crippen LogP contribution < -0.4 is 0 Å². The van der Waals surface area contributed by atoms with Gasteiger partial charge in [0.25, 0.3) is 0 Å².